The van der Waals surface area contributed by atoms with Crippen molar-refractivity contribution in [1.29, 1.82) is 0 Å². The molecule has 10 nitrogen and oxygen atoms in total. The Morgan fingerprint density at radius 3 is 2.38 bits per heavy atom. The quantitative estimate of drug-likeness (QED) is 0.219. The van der Waals surface area contributed by atoms with Crippen LogP contribution in [0, 0.1) is 0 Å². The molecule has 0 fully saturated rings. The highest BCUT2D eigenvalue weighted by Crippen LogP contribution is 2.31. The smallest absolute Gasteiger partial charge is 0.323 e. The molecule has 3 aromatic carbocycles. The second-order valence-corrected chi connectivity index (χ2v) is 8.61. The summed E-state index contributed by atoms with van der Waals surface area (Å²) in [5.74, 6) is 0.905. The van der Waals surface area contributed by atoms with E-state index in [2.05, 4.69) is 31.1 Å². The van der Waals surface area contributed by atoms with Crippen LogP contribution in [0.1, 0.15) is 10.4 Å². The third kappa shape index (κ3) is 6.20. The van der Waals surface area contributed by atoms with Gasteiger partial charge in [0, 0.05) is 40.6 Å². The molecule has 3 amide bonds. The van der Waals surface area contributed by atoms with Gasteiger partial charge < -0.3 is 25.2 Å². The zero-order valence-electron chi connectivity index (χ0n) is 20.5. The number of aromatic nitrogens is 3. The van der Waals surface area contributed by atoms with Crippen molar-refractivity contribution in [2.45, 2.75) is 0 Å². The molecule has 11 heteroatoms. The Kier molecular flexibility index (Phi) is 7.46. The lowest BCUT2D eigenvalue weighted by molar-refractivity contribution is 0.102. The summed E-state index contributed by atoms with van der Waals surface area (Å²) in [5.41, 5.74) is 3.21. The molecule has 3 N–H and O–H groups in total. The fraction of sp³-hybridized carbons (Fsp3) is 0.0357. The Morgan fingerprint density at radius 1 is 0.872 bits per heavy atom. The van der Waals surface area contributed by atoms with Crippen molar-refractivity contribution in [1.82, 2.24) is 15.1 Å². The van der Waals surface area contributed by atoms with Gasteiger partial charge in [0.1, 0.15) is 5.75 Å². The van der Waals surface area contributed by atoms with Crippen molar-refractivity contribution in [3.05, 3.63) is 102 Å². The van der Waals surface area contributed by atoms with E-state index < -0.39 is 6.03 Å². The van der Waals surface area contributed by atoms with Gasteiger partial charge in [0.15, 0.2) is 0 Å². The van der Waals surface area contributed by atoms with E-state index in [0.717, 1.165) is 0 Å². The van der Waals surface area contributed by atoms with Crippen molar-refractivity contribution in [2.75, 3.05) is 23.1 Å². The van der Waals surface area contributed by atoms with Gasteiger partial charge in [-0.2, -0.15) is 4.98 Å². The molecule has 0 aliphatic rings. The van der Waals surface area contributed by atoms with E-state index in [-0.39, 0.29) is 17.6 Å². The topological polar surface area (TPSA) is 131 Å². The zero-order valence-corrected chi connectivity index (χ0v) is 21.3. The van der Waals surface area contributed by atoms with Crippen LogP contribution >= 0.6 is 11.6 Å². The second-order valence-electron chi connectivity index (χ2n) is 8.20. The molecule has 2 heterocycles. The van der Waals surface area contributed by atoms with Gasteiger partial charge in [0.05, 0.1) is 17.7 Å². The normalized spacial score (nSPS) is 10.5. The summed E-state index contributed by atoms with van der Waals surface area (Å²) in [4.78, 5) is 33.2. The molecule has 194 valence electrons. The Morgan fingerprint density at radius 2 is 1.64 bits per heavy atom. The molecule has 0 unspecified atom stereocenters. The summed E-state index contributed by atoms with van der Waals surface area (Å²) in [6.07, 6.45) is 3.07. The van der Waals surface area contributed by atoms with Gasteiger partial charge in [-0.1, -0.05) is 22.8 Å². The number of hydrogen-bond acceptors (Lipinski definition) is 7. The lowest BCUT2D eigenvalue weighted by atomic mass is 10.1. The van der Waals surface area contributed by atoms with Gasteiger partial charge in [0.2, 0.25) is 5.82 Å². The number of nitrogens with zero attached hydrogens (tertiary/aromatic N) is 3. The van der Waals surface area contributed by atoms with Crippen LogP contribution in [0.3, 0.4) is 0 Å². The highest BCUT2D eigenvalue weighted by molar-refractivity contribution is 6.33. The van der Waals surface area contributed by atoms with Crippen LogP contribution in [0.2, 0.25) is 5.02 Å². The molecule has 0 atom stereocenters. The van der Waals surface area contributed by atoms with Crippen molar-refractivity contribution in [3.63, 3.8) is 0 Å². The summed E-state index contributed by atoms with van der Waals surface area (Å²) in [7, 11) is 1.58. The van der Waals surface area contributed by atoms with E-state index in [1.165, 1.54) is 6.20 Å². The van der Waals surface area contributed by atoms with Crippen molar-refractivity contribution in [2.24, 2.45) is 0 Å². The van der Waals surface area contributed by atoms with Crippen LogP contribution in [-0.2, 0) is 0 Å². The van der Waals surface area contributed by atoms with E-state index in [0.29, 0.717) is 44.5 Å². The van der Waals surface area contributed by atoms with E-state index in [1.807, 2.05) is 0 Å². The molecule has 0 saturated heterocycles. The molecule has 0 aliphatic heterocycles. The first-order valence-corrected chi connectivity index (χ1v) is 12.0. The van der Waals surface area contributed by atoms with Gasteiger partial charge in [-0.3, -0.25) is 9.78 Å². The number of nitrogens with one attached hydrogen (secondary N) is 3. The average Bonchev–Trinajstić information content (AvgIpc) is 3.44. The van der Waals surface area contributed by atoms with E-state index >= 15 is 0 Å². The monoisotopic (exact) mass is 540 g/mol. The number of carbonyl (C=O) groups is 2. The second kappa shape index (κ2) is 11.4. The Bertz CT molecular complexity index is 1620. The van der Waals surface area contributed by atoms with E-state index in [9.17, 15) is 9.59 Å². The molecule has 0 radical (unpaired) electrons. The Hall–Kier alpha value is -5.22. The molecular weight excluding hydrogens is 520 g/mol. The number of rotatable bonds is 7. The van der Waals surface area contributed by atoms with Gasteiger partial charge >= 0.3 is 6.03 Å². The Balaban J connectivity index is 1.26. The minimum Gasteiger partial charge on any atom is -0.497 e. The fourth-order valence-corrected chi connectivity index (χ4v) is 3.89. The standard InChI is InChI=1S/C28H21ClN6O4/c1-38-22-10-7-19(8-11-22)32-28(37)33-20-6-2-4-17(14-20)27-34-25(35-39-27)23-12-9-21(15-24(23)29)31-26(36)18-5-3-13-30-16-18/h2-16H,1H3,(H,31,36)(H2,32,33,37). The molecule has 0 bridgehead atoms. The van der Waals surface area contributed by atoms with Crippen LogP contribution in [-0.4, -0.2) is 34.2 Å². The van der Waals surface area contributed by atoms with E-state index in [4.69, 9.17) is 20.9 Å². The number of hydrogen-bond donors (Lipinski definition) is 3. The predicted molar refractivity (Wildman–Crippen MR) is 148 cm³/mol. The van der Waals surface area contributed by atoms with Crippen LogP contribution < -0.4 is 20.7 Å². The van der Waals surface area contributed by atoms with Crippen LogP contribution in [0.15, 0.2) is 95.8 Å². The molecule has 2 aromatic heterocycles. The van der Waals surface area contributed by atoms with Crippen LogP contribution in [0.25, 0.3) is 22.8 Å². The molecule has 0 spiro atoms. The molecule has 0 aliphatic carbocycles. The SMILES string of the molecule is COc1ccc(NC(=O)Nc2cccc(-c3nc(-c4ccc(NC(=O)c5cccnc5)cc4Cl)no3)c2)cc1. The summed E-state index contributed by atoms with van der Waals surface area (Å²) in [6, 6.07) is 21.9. The molecule has 0 saturated carbocycles. The maximum absolute atomic E-state index is 12.4. The molecular formula is C28H21ClN6O4. The number of carbonyl (C=O) groups excluding carboxylic acids is 2. The first kappa shape index (κ1) is 25.4. The molecule has 5 aromatic rings. The number of ether oxygens (including phenoxy) is 1. The molecule has 5 rings (SSSR count). The third-order valence-electron chi connectivity index (χ3n) is 5.53. The summed E-state index contributed by atoms with van der Waals surface area (Å²) < 4.78 is 10.6. The first-order chi connectivity index (χ1) is 19.0. The highest BCUT2D eigenvalue weighted by atomic mass is 35.5. The van der Waals surface area contributed by atoms with Gasteiger partial charge in [0.25, 0.3) is 11.8 Å². The number of anilines is 3. The Labute approximate surface area is 228 Å². The van der Waals surface area contributed by atoms with E-state index in [1.54, 1.807) is 92.2 Å². The number of methoxy groups -OCH3 is 1. The van der Waals surface area contributed by atoms with Crippen LogP contribution in [0.4, 0.5) is 21.9 Å². The number of urea groups is 1. The molecule has 39 heavy (non-hydrogen) atoms. The van der Waals surface area contributed by atoms with Gasteiger partial charge in [-0.25, -0.2) is 4.79 Å². The van der Waals surface area contributed by atoms with Gasteiger partial charge in [-0.05, 0) is 72.8 Å². The lowest BCUT2D eigenvalue weighted by Crippen LogP contribution is -2.19. The average molecular weight is 541 g/mol. The van der Waals surface area contributed by atoms with Gasteiger partial charge in [-0.15, -0.1) is 0 Å². The summed E-state index contributed by atoms with van der Waals surface area (Å²) in [6.45, 7) is 0. The maximum atomic E-state index is 12.4. The van der Waals surface area contributed by atoms with Crippen molar-refractivity contribution >= 4 is 40.6 Å². The minimum absolute atomic E-state index is 0.245. The number of halogens is 1. The summed E-state index contributed by atoms with van der Waals surface area (Å²) in [5, 5.41) is 12.7. The largest absolute Gasteiger partial charge is 0.497 e. The van der Waals surface area contributed by atoms with Crippen molar-refractivity contribution in [3.8, 4) is 28.6 Å². The first-order valence-electron chi connectivity index (χ1n) is 11.7. The predicted octanol–water partition coefficient (Wildman–Crippen LogP) is 6.36. The number of amides is 3. The van der Waals surface area contributed by atoms with Crippen LogP contribution in [0.5, 0.6) is 5.75 Å². The zero-order chi connectivity index (χ0) is 27.2. The third-order valence-corrected chi connectivity index (χ3v) is 5.85. The minimum atomic E-state index is -0.411. The van der Waals surface area contributed by atoms with Crippen molar-refractivity contribution < 1.29 is 18.8 Å². The number of benzene rings is 3. The maximum Gasteiger partial charge on any atom is 0.323 e. The highest BCUT2D eigenvalue weighted by Gasteiger charge is 2.15. The number of pyridine rings is 1. The summed E-state index contributed by atoms with van der Waals surface area (Å²) >= 11 is 6.47. The lowest BCUT2D eigenvalue weighted by Gasteiger charge is -2.09. The fourth-order valence-electron chi connectivity index (χ4n) is 3.62.